The molecule has 40 heavy (non-hydrogen) atoms. The third kappa shape index (κ3) is 6.78. The van der Waals surface area contributed by atoms with Crippen molar-refractivity contribution in [2.75, 3.05) is 0 Å². The molecular weight excluding hydrogens is 537 g/mol. The molecule has 2 aliphatic carbocycles. The summed E-state index contributed by atoms with van der Waals surface area (Å²) in [5.74, 6) is -0.658. The highest BCUT2D eigenvalue weighted by Gasteiger charge is 2.40. The minimum Gasteiger partial charge on any atom is -0.385 e. The third-order valence-corrected chi connectivity index (χ3v) is 9.09. The number of allylic oxidation sites excluding steroid dienone is 4. The molecule has 0 spiro atoms. The molecule has 6 heteroatoms. The molecule has 0 saturated carbocycles. The van der Waals surface area contributed by atoms with Crippen LogP contribution in [-0.4, -0.2) is 31.6 Å². The van der Waals surface area contributed by atoms with Crippen LogP contribution >= 0.6 is 25.3 Å². The number of hydrogen-bond donors (Lipinski definition) is 4. The zero-order valence-electron chi connectivity index (χ0n) is 25.6. The van der Waals surface area contributed by atoms with E-state index in [0.717, 1.165) is 22.3 Å². The molecule has 0 fully saturated rings. The van der Waals surface area contributed by atoms with Crippen LogP contribution in [0.5, 0.6) is 0 Å². The molecule has 0 amide bonds. The van der Waals surface area contributed by atoms with E-state index >= 15 is 0 Å². The van der Waals surface area contributed by atoms with Gasteiger partial charge in [-0.3, -0.25) is 9.59 Å². The summed E-state index contributed by atoms with van der Waals surface area (Å²) in [5, 5.41) is 22.6. The van der Waals surface area contributed by atoms with Gasteiger partial charge in [-0.25, -0.2) is 0 Å². The van der Waals surface area contributed by atoms with Gasteiger partial charge in [0.25, 0.3) is 0 Å². The van der Waals surface area contributed by atoms with Crippen molar-refractivity contribution in [2.24, 2.45) is 22.7 Å². The zero-order chi connectivity index (χ0) is 30.6. The second-order valence-corrected chi connectivity index (χ2v) is 15.0. The molecule has 0 heterocycles. The summed E-state index contributed by atoms with van der Waals surface area (Å²) in [6, 6.07) is 3.26. The number of carbonyl (C=O) groups is 2. The molecule has 1 aromatic carbocycles. The van der Waals surface area contributed by atoms with Crippen LogP contribution in [0.25, 0.3) is 0 Å². The van der Waals surface area contributed by atoms with E-state index in [1.165, 1.54) is 0 Å². The standard InChI is InChI=1S/C34H46O4S2/c1-19-13-21(31(3,4)5)17-33(9,37)27(19)15-25-23(29(35)39)11-12-24(30(36)40)26(25)16-28-20(2)14-22(32(6,7)8)18-34(28,10)38/h11-14,17-18,27-28,37-38H,15-16H2,1-10H3,(H,35,39)(H,36,40). The van der Waals surface area contributed by atoms with E-state index in [-0.39, 0.29) is 22.7 Å². The first-order valence-corrected chi connectivity index (χ1v) is 14.8. The number of carbonyl (C=O) groups excluding carboxylic acids is 2. The van der Waals surface area contributed by atoms with E-state index in [4.69, 9.17) is 0 Å². The Labute approximate surface area is 251 Å². The van der Waals surface area contributed by atoms with Gasteiger partial charge < -0.3 is 10.2 Å². The van der Waals surface area contributed by atoms with Gasteiger partial charge >= 0.3 is 0 Å². The third-order valence-electron chi connectivity index (χ3n) is 8.61. The van der Waals surface area contributed by atoms with Crippen LogP contribution in [0, 0.1) is 22.7 Å². The molecule has 4 nitrogen and oxygen atoms in total. The summed E-state index contributed by atoms with van der Waals surface area (Å²) in [6.45, 7) is 20.3. The van der Waals surface area contributed by atoms with Crippen LogP contribution in [0.15, 0.2) is 58.7 Å². The van der Waals surface area contributed by atoms with Crippen molar-refractivity contribution in [1.29, 1.82) is 0 Å². The minimum absolute atomic E-state index is 0.137. The van der Waals surface area contributed by atoms with Crippen LogP contribution in [0.3, 0.4) is 0 Å². The maximum Gasteiger partial charge on any atom is 0.216 e. The average molecular weight is 583 g/mol. The zero-order valence-corrected chi connectivity index (χ0v) is 27.4. The molecule has 0 bridgehead atoms. The number of rotatable bonds is 6. The summed E-state index contributed by atoms with van der Waals surface area (Å²) in [6.07, 6.45) is 8.73. The van der Waals surface area contributed by atoms with Gasteiger partial charge in [0.15, 0.2) is 0 Å². The van der Waals surface area contributed by atoms with Crippen molar-refractivity contribution in [2.45, 2.75) is 93.3 Å². The Morgan fingerprint density at radius 3 is 1.25 bits per heavy atom. The van der Waals surface area contributed by atoms with Gasteiger partial charge in [0, 0.05) is 23.0 Å². The smallest absolute Gasteiger partial charge is 0.216 e. The quantitative estimate of drug-likeness (QED) is 0.262. The summed E-state index contributed by atoms with van der Waals surface area (Å²) in [5.41, 5.74) is 3.61. The number of thiol groups is 2. The van der Waals surface area contributed by atoms with Gasteiger partial charge in [-0.1, -0.05) is 64.8 Å². The lowest BCUT2D eigenvalue weighted by molar-refractivity contribution is 0.0552. The number of aliphatic hydroxyl groups is 2. The lowest BCUT2D eigenvalue weighted by Crippen LogP contribution is -2.40. The molecule has 218 valence electrons. The molecule has 0 aromatic heterocycles. The topological polar surface area (TPSA) is 74.6 Å². The summed E-state index contributed by atoms with van der Waals surface area (Å²) < 4.78 is 0. The minimum atomic E-state index is -1.17. The molecule has 0 saturated heterocycles. The van der Waals surface area contributed by atoms with Gasteiger partial charge in [-0.05, 0) is 97.9 Å². The van der Waals surface area contributed by atoms with Gasteiger partial charge in [-0.2, -0.15) is 0 Å². The van der Waals surface area contributed by atoms with E-state index in [9.17, 15) is 19.8 Å². The highest BCUT2D eigenvalue weighted by Crippen LogP contribution is 2.44. The first-order chi connectivity index (χ1) is 18.1. The molecule has 2 aliphatic rings. The van der Waals surface area contributed by atoms with Crippen LogP contribution in [-0.2, 0) is 12.8 Å². The van der Waals surface area contributed by atoms with Crippen molar-refractivity contribution in [1.82, 2.24) is 0 Å². The van der Waals surface area contributed by atoms with E-state index in [2.05, 4.69) is 79.0 Å². The molecule has 4 atom stereocenters. The molecule has 0 aliphatic heterocycles. The molecule has 1 aromatic rings. The van der Waals surface area contributed by atoms with E-state index < -0.39 is 21.4 Å². The fraction of sp³-hybridized carbons (Fsp3) is 0.529. The fourth-order valence-electron chi connectivity index (χ4n) is 6.10. The Hall–Kier alpha value is -1.86. The number of benzene rings is 1. The Balaban J connectivity index is 2.19. The van der Waals surface area contributed by atoms with Crippen molar-refractivity contribution >= 4 is 35.5 Å². The summed E-state index contributed by atoms with van der Waals surface area (Å²) in [4.78, 5) is 25.6. The lowest BCUT2D eigenvalue weighted by Gasteiger charge is -2.40. The molecule has 0 radical (unpaired) electrons. The van der Waals surface area contributed by atoms with E-state index in [1.54, 1.807) is 26.0 Å². The van der Waals surface area contributed by atoms with Crippen LogP contribution in [0.2, 0.25) is 0 Å². The van der Waals surface area contributed by atoms with Crippen LogP contribution in [0.1, 0.15) is 101 Å². The summed E-state index contributed by atoms with van der Waals surface area (Å²) in [7, 11) is 0. The second-order valence-electron chi connectivity index (χ2n) is 14.2. The Morgan fingerprint density at radius 2 is 1.02 bits per heavy atom. The molecule has 2 N–H and O–H groups in total. The largest absolute Gasteiger partial charge is 0.385 e. The molecule has 3 rings (SSSR count). The lowest BCUT2D eigenvalue weighted by atomic mass is 9.68. The van der Waals surface area contributed by atoms with Gasteiger partial charge in [-0.15, -0.1) is 25.3 Å². The average Bonchev–Trinajstić information content (AvgIpc) is 2.76. The Morgan fingerprint density at radius 1 is 0.725 bits per heavy atom. The highest BCUT2D eigenvalue weighted by molar-refractivity contribution is 7.97. The van der Waals surface area contributed by atoms with Gasteiger partial charge in [0.05, 0.1) is 11.2 Å². The van der Waals surface area contributed by atoms with Crippen molar-refractivity contribution in [3.05, 3.63) is 81.0 Å². The maximum absolute atomic E-state index is 12.8. The second kappa shape index (κ2) is 11.1. The van der Waals surface area contributed by atoms with Crippen molar-refractivity contribution < 1.29 is 19.8 Å². The van der Waals surface area contributed by atoms with Crippen molar-refractivity contribution in [3.63, 3.8) is 0 Å². The fourth-order valence-corrected chi connectivity index (χ4v) is 6.52. The molecular formula is C34H46O4S2. The van der Waals surface area contributed by atoms with Crippen molar-refractivity contribution in [3.8, 4) is 0 Å². The van der Waals surface area contributed by atoms with Crippen LogP contribution < -0.4 is 0 Å². The molecule has 4 unspecified atom stereocenters. The van der Waals surface area contributed by atoms with E-state index in [1.807, 2.05) is 26.0 Å². The first-order valence-electron chi connectivity index (χ1n) is 14.0. The van der Waals surface area contributed by atoms with Gasteiger partial charge in [0.2, 0.25) is 10.2 Å². The Kier molecular flexibility index (Phi) is 9.05. The monoisotopic (exact) mass is 582 g/mol. The Bertz CT molecular complexity index is 1240. The highest BCUT2D eigenvalue weighted by atomic mass is 32.1. The predicted molar refractivity (Wildman–Crippen MR) is 171 cm³/mol. The first kappa shape index (κ1) is 32.7. The summed E-state index contributed by atoms with van der Waals surface area (Å²) >= 11 is 8.37. The van der Waals surface area contributed by atoms with Crippen LogP contribution in [0.4, 0.5) is 0 Å². The van der Waals surface area contributed by atoms with Gasteiger partial charge in [0.1, 0.15) is 0 Å². The predicted octanol–water partition coefficient (Wildman–Crippen LogP) is 7.51. The maximum atomic E-state index is 12.8. The number of hydrogen-bond acceptors (Lipinski definition) is 4. The van der Waals surface area contributed by atoms with E-state index in [0.29, 0.717) is 35.1 Å². The SMILES string of the molecule is CC1=CC(C(C)(C)C)=CC(C)(O)C1Cc1c(C(=O)S)ccc(C(=O)S)c1CC1C(C)=CC(C(C)(C)C)=CC1(C)O. The normalized spacial score (nSPS) is 27.4.